The van der Waals surface area contributed by atoms with Gasteiger partial charge >= 0.3 is 0 Å². The van der Waals surface area contributed by atoms with Crippen molar-refractivity contribution in [1.82, 2.24) is 19.7 Å². The zero-order chi connectivity index (χ0) is 17.8. The maximum Gasteiger partial charge on any atom is 0.170 e. The molecule has 0 aliphatic rings. The van der Waals surface area contributed by atoms with Crippen LogP contribution in [0.5, 0.6) is 0 Å². The molecule has 3 rings (SSSR count). The summed E-state index contributed by atoms with van der Waals surface area (Å²) in [6.07, 6.45) is 6.69. The van der Waals surface area contributed by atoms with Crippen LogP contribution in [0.2, 0.25) is 0 Å². The van der Waals surface area contributed by atoms with Crippen molar-refractivity contribution in [3.05, 3.63) is 54.1 Å². The van der Waals surface area contributed by atoms with Gasteiger partial charge in [0.15, 0.2) is 6.29 Å². The molecule has 6 heteroatoms. The summed E-state index contributed by atoms with van der Waals surface area (Å²) in [5.41, 5.74) is 4.60. The second-order valence-electron chi connectivity index (χ2n) is 5.56. The molecule has 0 radical (unpaired) electrons. The van der Waals surface area contributed by atoms with Gasteiger partial charge in [-0.15, -0.1) is 0 Å². The maximum absolute atomic E-state index is 11.3. The number of hydrogen-bond acceptors (Lipinski definition) is 5. The summed E-state index contributed by atoms with van der Waals surface area (Å²) in [4.78, 5) is 24.5. The highest BCUT2D eigenvalue weighted by molar-refractivity contribution is 5.91. The van der Waals surface area contributed by atoms with E-state index in [1.165, 1.54) is 0 Å². The van der Waals surface area contributed by atoms with E-state index in [1.807, 2.05) is 45.0 Å². The Labute approximate surface area is 146 Å². The molecule has 3 aromatic rings. The van der Waals surface area contributed by atoms with Crippen molar-refractivity contribution in [2.75, 3.05) is 0 Å². The predicted octanol–water partition coefficient (Wildman–Crippen LogP) is 3.89. The number of aromatic nitrogens is 4. The predicted molar refractivity (Wildman–Crippen MR) is 98.7 cm³/mol. The Morgan fingerprint density at radius 1 is 1.20 bits per heavy atom. The van der Waals surface area contributed by atoms with Crippen molar-refractivity contribution >= 4 is 23.2 Å². The Morgan fingerprint density at radius 2 is 1.96 bits per heavy atom. The van der Waals surface area contributed by atoms with E-state index < -0.39 is 0 Å². The summed E-state index contributed by atoms with van der Waals surface area (Å²) in [6.45, 7) is 5.89. The number of aliphatic imine (C=N–C) groups is 1. The summed E-state index contributed by atoms with van der Waals surface area (Å²) in [5, 5.41) is 4.40. The monoisotopic (exact) mass is 333 g/mol. The van der Waals surface area contributed by atoms with E-state index in [9.17, 15) is 4.79 Å². The smallest absolute Gasteiger partial charge is 0.170 e. The van der Waals surface area contributed by atoms with Gasteiger partial charge in [0.05, 0.1) is 16.7 Å². The Hall–Kier alpha value is -3.15. The van der Waals surface area contributed by atoms with Crippen LogP contribution in [-0.4, -0.2) is 31.9 Å². The zero-order valence-corrected chi connectivity index (χ0v) is 14.5. The third-order valence-corrected chi connectivity index (χ3v) is 3.90. The summed E-state index contributed by atoms with van der Waals surface area (Å²) in [7, 11) is 0. The number of aldehydes is 1. The molecule has 0 saturated carbocycles. The quantitative estimate of drug-likeness (QED) is 0.412. The average Bonchev–Trinajstić information content (AvgIpc) is 3.09. The van der Waals surface area contributed by atoms with Crippen LogP contribution in [0.3, 0.4) is 0 Å². The first-order valence-electron chi connectivity index (χ1n) is 8.13. The Bertz CT molecular complexity index is 984. The van der Waals surface area contributed by atoms with Crippen molar-refractivity contribution in [3.63, 3.8) is 0 Å². The summed E-state index contributed by atoms with van der Waals surface area (Å²) in [5.74, 6) is 0.776. The molecule has 0 aliphatic carbocycles. The van der Waals surface area contributed by atoms with Crippen LogP contribution in [0, 0.1) is 0 Å². The fourth-order valence-corrected chi connectivity index (χ4v) is 2.53. The number of benzene rings is 1. The van der Waals surface area contributed by atoms with Crippen LogP contribution in [0.4, 0.5) is 0 Å². The van der Waals surface area contributed by atoms with Crippen molar-refractivity contribution in [2.45, 2.75) is 27.2 Å². The van der Waals surface area contributed by atoms with E-state index >= 15 is 0 Å². The lowest BCUT2D eigenvalue weighted by Gasteiger charge is -2.10. The molecule has 2 heterocycles. The second-order valence-corrected chi connectivity index (χ2v) is 5.56. The van der Waals surface area contributed by atoms with Gasteiger partial charge in [0.25, 0.3) is 0 Å². The number of fused-ring (bicyclic) bond motifs is 1. The SMILES string of the molecule is C/C=C(/C)N=C(CC)n1nc(C=O)cc1-c1ccc2nccnc2c1. The maximum atomic E-state index is 11.3. The topological polar surface area (TPSA) is 73.0 Å². The fraction of sp³-hybridized carbons (Fsp3) is 0.211. The first-order valence-corrected chi connectivity index (χ1v) is 8.13. The van der Waals surface area contributed by atoms with Crippen molar-refractivity contribution in [2.24, 2.45) is 4.99 Å². The van der Waals surface area contributed by atoms with Crippen LogP contribution in [0.15, 0.2) is 53.4 Å². The van der Waals surface area contributed by atoms with E-state index in [2.05, 4.69) is 20.1 Å². The number of hydrogen-bond donors (Lipinski definition) is 0. The van der Waals surface area contributed by atoms with Crippen molar-refractivity contribution in [3.8, 4) is 11.3 Å². The van der Waals surface area contributed by atoms with Gasteiger partial charge in [-0.1, -0.05) is 19.1 Å². The highest BCUT2D eigenvalue weighted by Crippen LogP contribution is 2.24. The van der Waals surface area contributed by atoms with Gasteiger partial charge in [0, 0.05) is 30.1 Å². The molecule has 0 atom stereocenters. The lowest BCUT2D eigenvalue weighted by molar-refractivity contribution is 0.111. The summed E-state index contributed by atoms with van der Waals surface area (Å²) < 4.78 is 1.73. The van der Waals surface area contributed by atoms with E-state index in [0.29, 0.717) is 12.1 Å². The standard InChI is InChI=1S/C19H19N5O/c1-4-13(3)22-19(5-2)24-18(11-15(12-25)23-24)14-6-7-16-17(10-14)21-9-8-20-16/h4,6-12H,5H2,1-3H3/b13-4-,22-19?. The van der Waals surface area contributed by atoms with E-state index in [1.54, 1.807) is 23.1 Å². The molecule has 6 nitrogen and oxygen atoms in total. The summed E-state index contributed by atoms with van der Waals surface area (Å²) in [6, 6.07) is 7.57. The number of nitrogens with zero attached hydrogens (tertiary/aromatic N) is 5. The van der Waals surface area contributed by atoms with Gasteiger partial charge in [0.1, 0.15) is 11.5 Å². The van der Waals surface area contributed by atoms with Gasteiger partial charge < -0.3 is 0 Å². The molecule has 0 bridgehead atoms. The number of rotatable bonds is 4. The van der Waals surface area contributed by atoms with E-state index in [0.717, 1.165) is 40.1 Å². The largest absolute Gasteiger partial charge is 0.296 e. The van der Waals surface area contributed by atoms with Gasteiger partial charge in [-0.2, -0.15) is 5.10 Å². The first-order chi connectivity index (χ1) is 12.2. The van der Waals surface area contributed by atoms with Crippen molar-refractivity contribution in [1.29, 1.82) is 0 Å². The Kier molecular flexibility index (Phi) is 4.79. The zero-order valence-electron chi connectivity index (χ0n) is 14.5. The van der Waals surface area contributed by atoms with E-state index in [4.69, 9.17) is 0 Å². The summed E-state index contributed by atoms with van der Waals surface area (Å²) >= 11 is 0. The van der Waals surface area contributed by atoms with Gasteiger partial charge in [-0.05, 0) is 32.0 Å². The molecule has 25 heavy (non-hydrogen) atoms. The minimum Gasteiger partial charge on any atom is -0.296 e. The molecule has 0 aliphatic heterocycles. The molecule has 0 saturated heterocycles. The molecular formula is C19H19N5O. The van der Waals surface area contributed by atoms with Crippen LogP contribution < -0.4 is 0 Å². The first kappa shape index (κ1) is 16.7. The highest BCUT2D eigenvalue weighted by Gasteiger charge is 2.14. The molecule has 126 valence electrons. The normalized spacial score (nSPS) is 12.6. The molecule has 0 spiro atoms. The molecule has 0 N–H and O–H groups in total. The third-order valence-electron chi connectivity index (χ3n) is 3.90. The van der Waals surface area contributed by atoms with Gasteiger partial charge in [-0.3, -0.25) is 14.8 Å². The minimum atomic E-state index is 0.369. The van der Waals surface area contributed by atoms with Crippen LogP contribution in [0.25, 0.3) is 22.3 Å². The Morgan fingerprint density at radius 3 is 2.64 bits per heavy atom. The molecule has 0 amide bonds. The minimum absolute atomic E-state index is 0.369. The van der Waals surface area contributed by atoms with Gasteiger partial charge in [0.2, 0.25) is 0 Å². The molecule has 1 aromatic carbocycles. The van der Waals surface area contributed by atoms with E-state index in [-0.39, 0.29) is 0 Å². The second kappa shape index (κ2) is 7.17. The number of carbonyl (C=O) groups excluding carboxylic acids is 1. The third kappa shape index (κ3) is 3.38. The average molecular weight is 333 g/mol. The molecular weight excluding hydrogens is 314 g/mol. The van der Waals surface area contributed by atoms with Crippen LogP contribution in [-0.2, 0) is 0 Å². The lowest BCUT2D eigenvalue weighted by Crippen LogP contribution is -2.14. The van der Waals surface area contributed by atoms with Gasteiger partial charge in [-0.25, -0.2) is 9.67 Å². The fourth-order valence-electron chi connectivity index (χ4n) is 2.53. The number of allylic oxidation sites excluding steroid dienone is 2. The number of carbonyl (C=O) groups is 1. The molecule has 2 aromatic heterocycles. The molecule has 0 unspecified atom stereocenters. The van der Waals surface area contributed by atoms with Crippen LogP contribution >= 0.6 is 0 Å². The van der Waals surface area contributed by atoms with Crippen LogP contribution in [0.1, 0.15) is 37.7 Å². The van der Waals surface area contributed by atoms with Crippen molar-refractivity contribution < 1.29 is 4.79 Å². The highest BCUT2D eigenvalue weighted by atomic mass is 16.1. The molecule has 0 fully saturated rings. The lowest BCUT2D eigenvalue weighted by atomic mass is 10.1. The Balaban J connectivity index is 2.19.